The van der Waals surface area contributed by atoms with Gasteiger partial charge < -0.3 is 0 Å². The van der Waals surface area contributed by atoms with E-state index in [2.05, 4.69) is 99.9 Å². The van der Waals surface area contributed by atoms with Crippen LogP contribution in [-0.4, -0.2) is 11.4 Å². The van der Waals surface area contributed by atoms with E-state index in [-0.39, 0.29) is 0 Å². The third kappa shape index (κ3) is 28.4. The number of aryl methyl sites for hydroxylation is 2. The van der Waals surface area contributed by atoms with Gasteiger partial charge in [-0.1, -0.05) is 218 Å². The summed E-state index contributed by atoms with van der Waals surface area (Å²) in [5.41, 5.74) is 7.09. The number of hydrogen-bond acceptors (Lipinski definition) is 2. The highest BCUT2D eigenvalue weighted by molar-refractivity contribution is 6.43. The molecular formula is C58H92N2. The Morgan fingerprint density at radius 2 is 0.617 bits per heavy atom. The van der Waals surface area contributed by atoms with Crippen molar-refractivity contribution in [2.75, 3.05) is 0 Å². The van der Waals surface area contributed by atoms with E-state index in [0.29, 0.717) is 0 Å². The Balaban J connectivity index is 1.91. The summed E-state index contributed by atoms with van der Waals surface area (Å²) in [7, 11) is 0. The van der Waals surface area contributed by atoms with Gasteiger partial charge in [-0.2, -0.15) is 0 Å². The molecule has 0 radical (unpaired) electrons. The van der Waals surface area contributed by atoms with Crippen LogP contribution in [0.5, 0.6) is 0 Å². The van der Waals surface area contributed by atoms with Crippen LogP contribution in [0.3, 0.4) is 0 Å². The molecule has 0 aliphatic heterocycles. The van der Waals surface area contributed by atoms with Crippen LogP contribution in [0, 0.1) is 23.7 Å². The van der Waals surface area contributed by atoms with Crippen LogP contribution < -0.4 is 0 Å². The molecule has 0 aromatic heterocycles. The van der Waals surface area contributed by atoms with Crippen molar-refractivity contribution in [3.8, 4) is 23.7 Å². The number of unbranched alkanes of at least 4 members (excludes halogenated alkanes) is 26. The minimum absolute atomic E-state index is 0.890. The second-order valence-electron chi connectivity index (χ2n) is 17.6. The maximum atomic E-state index is 5.43. The minimum Gasteiger partial charge on any atom is -0.251 e. The van der Waals surface area contributed by atoms with Crippen molar-refractivity contribution in [3.63, 3.8) is 0 Å². The fraction of sp³-hybridized carbons (Fsp3) is 0.690. The van der Waals surface area contributed by atoms with Crippen LogP contribution in [0.4, 0.5) is 11.4 Å². The van der Waals surface area contributed by atoms with E-state index in [0.717, 1.165) is 99.8 Å². The number of nitrogens with zero attached hydrogens (tertiary/aromatic N) is 2. The Labute approximate surface area is 373 Å². The van der Waals surface area contributed by atoms with Gasteiger partial charge in [0.05, 0.1) is 22.8 Å². The van der Waals surface area contributed by atoms with Gasteiger partial charge in [0.1, 0.15) is 0 Å². The van der Waals surface area contributed by atoms with Gasteiger partial charge in [0.2, 0.25) is 0 Å². The Kier molecular flexibility index (Phi) is 35.4. The largest absolute Gasteiger partial charge is 0.251 e. The molecule has 2 aromatic rings. The molecule has 2 rings (SSSR count). The highest BCUT2D eigenvalue weighted by Gasteiger charge is 2.13. The van der Waals surface area contributed by atoms with E-state index in [9.17, 15) is 0 Å². The molecule has 0 bridgehead atoms. The standard InChI is InChI=1S/C58H92N2/c1-5-9-13-15-17-19-21-23-25-27-29-31-33-35-37-39-45-53-47-41-43-51-55(53)59-57(49-11-7-3)58(50-12-8-4)60-56-52-44-42-48-54(56)46-40-38-36-34-32-30-28-26-24-22-20-18-16-14-10-6-2/h41-44,47-48,51-52H,5-34,39-40,45-46,49-50H2,1-4H3. The average molecular weight is 817 g/mol. The van der Waals surface area contributed by atoms with Crippen LogP contribution in [-0.2, 0) is 12.8 Å². The van der Waals surface area contributed by atoms with E-state index in [1.807, 2.05) is 0 Å². The minimum atomic E-state index is 0.890. The maximum Gasteiger partial charge on any atom is 0.0666 e. The highest BCUT2D eigenvalue weighted by atomic mass is 14.8. The Morgan fingerprint density at radius 1 is 0.333 bits per heavy atom. The van der Waals surface area contributed by atoms with Gasteiger partial charge in [0.25, 0.3) is 0 Å². The molecule has 60 heavy (non-hydrogen) atoms. The average Bonchev–Trinajstić information content (AvgIpc) is 3.27. The van der Waals surface area contributed by atoms with Crippen LogP contribution >= 0.6 is 0 Å². The molecule has 334 valence electrons. The first kappa shape index (κ1) is 53.0. The molecule has 0 N–H and O–H groups in total. The van der Waals surface area contributed by atoms with Gasteiger partial charge in [-0.3, -0.25) is 9.98 Å². The van der Waals surface area contributed by atoms with Crippen molar-refractivity contribution in [3.05, 3.63) is 59.7 Å². The number of rotatable bonds is 37. The molecule has 0 saturated carbocycles. The molecule has 2 heteroatoms. The van der Waals surface area contributed by atoms with E-state index >= 15 is 0 Å². The maximum absolute atomic E-state index is 5.43. The summed E-state index contributed by atoms with van der Waals surface area (Å²) in [6.07, 6.45) is 45.5. The lowest BCUT2D eigenvalue weighted by molar-refractivity contribution is 0.545. The highest BCUT2D eigenvalue weighted by Crippen LogP contribution is 2.26. The normalized spacial score (nSPS) is 11.7. The second-order valence-corrected chi connectivity index (χ2v) is 17.6. The van der Waals surface area contributed by atoms with E-state index in [1.165, 1.54) is 165 Å². The van der Waals surface area contributed by atoms with Crippen LogP contribution in [0.25, 0.3) is 0 Å². The van der Waals surface area contributed by atoms with Gasteiger partial charge in [0, 0.05) is 25.7 Å². The van der Waals surface area contributed by atoms with Gasteiger partial charge in [-0.05, 0) is 74.6 Å². The van der Waals surface area contributed by atoms with E-state index in [1.54, 1.807) is 0 Å². The fourth-order valence-corrected chi connectivity index (χ4v) is 8.03. The molecule has 2 aromatic carbocycles. The molecule has 0 heterocycles. The number of para-hydroxylation sites is 2. The van der Waals surface area contributed by atoms with Crippen molar-refractivity contribution >= 4 is 22.8 Å². The van der Waals surface area contributed by atoms with Gasteiger partial charge in [-0.15, -0.1) is 23.7 Å². The van der Waals surface area contributed by atoms with Crippen LogP contribution in [0.1, 0.15) is 257 Å². The summed E-state index contributed by atoms with van der Waals surface area (Å²) < 4.78 is 0. The third-order valence-corrected chi connectivity index (χ3v) is 12.0. The van der Waals surface area contributed by atoms with Crippen molar-refractivity contribution in [2.45, 2.75) is 259 Å². The first-order chi connectivity index (χ1) is 29.7. The summed E-state index contributed by atoms with van der Waals surface area (Å²) in [6, 6.07) is 17.5. The second kappa shape index (κ2) is 40.0. The fourth-order valence-electron chi connectivity index (χ4n) is 8.03. The Hall–Kier alpha value is -3.10. The zero-order valence-corrected chi connectivity index (χ0v) is 40.0. The molecule has 0 aliphatic rings. The van der Waals surface area contributed by atoms with Crippen LogP contribution in [0.2, 0.25) is 0 Å². The van der Waals surface area contributed by atoms with Crippen molar-refractivity contribution < 1.29 is 0 Å². The summed E-state index contributed by atoms with van der Waals surface area (Å²) in [4.78, 5) is 10.9. The summed E-state index contributed by atoms with van der Waals surface area (Å²) in [5, 5.41) is 0. The number of benzene rings is 2. The van der Waals surface area contributed by atoms with Crippen molar-refractivity contribution in [1.29, 1.82) is 0 Å². The van der Waals surface area contributed by atoms with E-state index < -0.39 is 0 Å². The zero-order chi connectivity index (χ0) is 42.8. The van der Waals surface area contributed by atoms with Crippen molar-refractivity contribution in [2.24, 2.45) is 9.98 Å². The summed E-state index contributed by atoms with van der Waals surface area (Å²) >= 11 is 0. The molecule has 0 fully saturated rings. The van der Waals surface area contributed by atoms with Gasteiger partial charge in [-0.25, -0.2) is 0 Å². The quantitative estimate of drug-likeness (QED) is 0.0369. The SMILES string of the molecule is CCCCCCCCCCCCCCC#CCCc1ccccc1N=C(CCCC)C(CCCC)=Nc1ccccc1CCC#CCCCCCCCCCCCCCC. The monoisotopic (exact) mass is 817 g/mol. The predicted molar refractivity (Wildman–Crippen MR) is 270 cm³/mol. The molecule has 0 unspecified atom stereocenters. The lowest BCUT2D eigenvalue weighted by Gasteiger charge is -2.13. The van der Waals surface area contributed by atoms with Crippen LogP contribution in [0.15, 0.2) is 58.5 Å². The smallest absolute Gasteiger partial charge is 0.0666 e. The molecule has 0 atom stereocenters. The molecule has 2 nitrogen and oxygen atoms in total. The Morgan fingerprint density at radius 3 is 0.950 bits per heavy atom. The Bertz CT molecular complexity index is 1380. The third-order valence-electron chi connectivity index (χ3n) is 12.0. The summed E-state index contributed by atoms with van der Waals surface area (Å²) in [6.45, 7) is 9.15. The summed E-state index contributed by atoms with van der Waals surface area (Å²) in [5.74, 6) is 14.0. The van der Waals surface area contributed by atoms with Gasteiger partial charge >= 0.3 is 0 Å². The lowest BCUT2D eigenvalue weighted by Crippen LogP contribution is -2.14. The lowest BCUT2D eigenvalue weighted by atomic mass is 10.0. The molecule has 0 aliphatic carbocycles. The zero-order valence-electron chi connectivity index (χ0n) is 40.0. The molecular weight excluding hydrogens is 725 g/mol. The first-order valence-corrected chi connectivity index (χ1v) is 26.0. The number of aliphatic imine (C=N–C) groups is 2. The first-order valence-electron chi connectivity index (χ1n) is 26.0. The molecule has 0 saturated heterocycles. The van der Waals surface area contributed by atoms with Crippen molar-refractivity contribution in [1.82, 2.24) is 0 Å². The molecule has 0 amide bonds. The number of hydrogen-bond donors (Lipinski definition) is 0. The topological polar surface area (TPSA) is 24.7 Å². The predicted octanol–water partition coefficient (Wildman–Crippen LogP) is 19.0. The van der Waals surface area contributed by atoms with E-state index in [4.69, 9.17) is 9.98 Å². The molecule has 0 spiro atoms. The van der Waals surface area contributed by atoms with Gasteiger partial charge in [0.15, 0.2) is 0 Å².